The summed E-state index contributed by atoms with van der Waals surface area (Å²) >= 11 is 0. The summed E-state index contributed by atoms with van der Waals surface area (Å²) in [4.78, 5) is 22.5. The monoisotopic (exact) mass is 826 g/mol. The highest BCUT2D eigenvalue weighted by Crippen LogP contribution is 2.43. The van der Waals surface area contributed by atoms with Crippen molar-refractivity contribution in [3.05, 3.63) is 122 Å². The Morgan fingerprint density at radius 3 is 1.36 bits per heavy atom. The van der Waals surface area contributed by atoms with E-state index in [9.17, 15) is 14.3 Å². The molecule has 0 saturated heterocycles. The van der Waals surface area contributed by atoms with E-state index in [-0.39, 0.29) is 38.8 Å². The molecule has 0 spiro atoms. The van der Waals surface area contributed by atoms with E-state index >= 15 is 0 Å². The van der Waals surface area contributed by atoms with Gasteiger partial charge in [-0.2, -0.15) is 0 Å². The molecule has 0 heterocycles. The molecule has 328 valence electrons. The molecule has 2 unspecified atom stereocenters. The molecule has 3 N–H and O–H groups in total. The quantitative estimate of drug-likeness (QED) is 0.0271. The molecular formula is C49H80NO7P. The lowest BCUT2D eigenvalue weighted by molar-refractivity contribution is -0.154. The molecule has 58 heavy (non-hydrogen) atoms. The maximum Gasteiger partial charge on any atom is 0.472 e. The van der Waals surface area contributed by atoms with Crippen LogP contribution in [0, 0.1) is 0 Å². The van der Waals surface area contributed by atoms with Gasteiger partial charge in [0.2, 0.25) is 0 Å². The Morgan fingerprint density at radius 1 is 0.517 bits per heavy atom. The third-order valence-corrected chi connectivity index (χ3v) is 9.36. The third kappa shape index (κ3) is 44.0. The standard InChI is InChI=1S/C49H80NO7P/c1-3-5-7-9-11-13-15-17-19-20-21-22-23-24-25-26-27-29-31-33-35-37-39-41-44-54-46-48(47-56-58(52,53)55-45-43-50)57-49(51)42-40-38-36-34-32-30-28-18-16-14-12-10-8-6-4-2/h5-8,11-14,17-19,21-22,24-25,27-29,32,34,48H,3-4,9-10,15-16,20,23,26,30-31,33,35-47,50H2,1-2H3,(H,52,53)/b7-5-,8-6-,13-11-,14-12-,19-17-,22-21-,25-24-,28-18-,29-27-,34-32-. The van der Waals surface area contributed by atoms with Gasteiger partial charge in [0.15, 0.2) is 0 Å². The highest BCUT2D eigenvalue weighted by molar-refractivity contribution is 7.47. The second-order valence-corrected chi connectivity index (χ2v) is 15.2. The number of carbonyl (C=O) groups excluding carboxylic acids is 1. The van der Waals surface area contributed by atoms with Crippen LogP contribution in [-0.2, 0) is 27.9 Å². The van der Waals surface area contributed by atoms with Crippen LogP contribution in [0.25, 0.3) is 0 Å². The zero-order chi connectivity index (χ0) is 42.3. The largest absolute Gasteiger partial charge is 0.472 e. The van der Waals surface area contributed by atoms with Gasteiger partial charge in [-0.25, -0.2) is 4.57 Å². The Morgan fingerprint density at radius 2 is 0.914 bits per heavy atom. The van der Waals surface area contributed by atoms with Gasteiger partial charge in [0.05, 0.1) is 19.8 Å². The molecular weight excluding hydrogens is 746 g/mol. The molecule has 0 radical (unpaired) electrons. The van der Waals surface area contributed by atoms with Gasteiger partial charge in [-0.05, 0) is 103 Å². The lowest BCUT2D eigenvalue weighted by Crippen LogP contribution is -2.28. The van der Waals surface area contributed by atoms with Crippen molar-refractivity contribution in [2.45, 2.75) is 148 Å². The zero-order valence-electron chi connectivity index (χ0n) is 36.2. The van der Waals surface area contributed by atoms with Gasteiger partial charge in [-0.3, -0.25) is 13.8 Å². The average molecular weight is 826 g/mol. The summed E-state index contributed by atoms with van der Waals surface area (Å²) in [6, 6.07) is 0. The van der Waals surface area contributed by atoms with E-state index in [2.05, 4.69) is 135 Å². The first kappa shape index (κ1) is 54.9. The molecule has 0 aromatic heterocycles. The van der Waals surface area contributed by atoms with Gasteiger partial charge in [0, 0.05) is 19.6 Å². The fourth-order valence-corrected chi connectivity index (χ4v) is 5.99. The summed E-state index contributed by atoms with van der Waals surface area (Å²) < 4.78 is 33.4. The summed E-state index contributed by atoms with van der Waals surface area (Å²) in [7, 11) is -4.30. The van der Waals surface area contributed by atoms with Gasteiger partial charge >= 0.3 is 13.8 Å². The van der Waals surface area contributed by atoms with Crippen LogP contribution < -0.4 is 5.73 Å². The average Bonchev–Trinajstić information content (AvgIpc) is 3.21. The number of carbonyl (C=O) groups is 1. The van der Waals surface area contributed by atoms with E-state index in [0.717, 1.165) is 116 Å². The van der Waals surface area contributed by atoms with Crippen LogP contribution in [0.1, 0.15) is 142 Å². The highest BCUT2D eigenvalue weighted by Gasteiger charge is 2.25. The number of hydrogen-bond donors (Lipinski definition) is 2. The number of phosphoric ester groups is 1. The predicted molar refractivity (Wildman–Crippen MR) is 247 cm³/mol. The maximum atomic E-state index is 12.6. The number of ether oxygens (including phenoxy) is 2. The van der Waals surface area contributed by atoms with Crippen molar-refractivity contribution in [3.8, 4) is 0 Å². The Bertz CT molecular complexity index is 1290. The minimum atomic E-state index is -4.30. The Hall–Kier alpha value is -3.10. The van der Waals surface area contributed by atoms with Crippen molar-refractivity contribution < 1.29 is 32.8 Å². The number of allylic oxidation sites excluding steroid dienone is 20. The second kappa shape index (κ2) is 45.0. The van der Waals surface area contributed by atoms with E-state index in [1.165, 1.54) is 0 Å². The van der Waals surface area contributed by atoms with Crippen molar-refractivity contribution in [2.24, 2.45) is 5.73 Å². The number of unbranched alkanes of at least 4 members (excludes halogenated alkanes) is 7. The summed E-state index contributed by atoms with van der Waals surface area (Å²) in [6.07, 6.45) is 62.3. The van der Waals surface area contributed by atoms with E-state index in [1.807, 2.05) is 0 Å². The normalized spacial score (nSPS) is 14.6. The van der Waals surface area contributed by atoms with Crippen LogP contribution in [-0.4, -0.2) is 49.9 Å². The van der Waals surface area contributed by atoms with Gasteiger partial charge in [-0.15, -0.1) is 0 Å². The van der Waals surface area contributed by atoms with Crippen LogP contribution in [0.4, 0.5) is 0 Å². The van der Waals surface area contributed by atoms with E-state index < -0.39 is 13.9 Å². The molecule has 0 bridgehead atoms. The van der Waals surface area contributed by atoms with E-state index in [0.29, 0.717) is 13.0 Å². The number of phosphoric acid groups is 1. The van der Waals surface area contributed by atoms with E-state index in [1.54, 1.807) is 0 Å². The smallest absolute Gasteiger partial charge is 0.457 e. The lowest BCUT2D eigenvalue weighted by atomic mass is 10.1. The van der Waals surface area contributed by atoms with E-state index in [4.69, 9.17) is 24.3 Å². The zero-order valence-corrected chi connectivity index (χ0v) is 37.1. The first-order valence-electron chi connectivity index (χ1n) is 22.0. The fraction of sp³-hybridized carbons (Fsp3) is 0.571. The number of nitrogens with two attached hydrogens (primary N) is 1. The SMILES string of the molecule is CC/C=C\C/C=C\C/C=C\C/C=C\C/C=C\C/C=C\CCCCCCCOCC(COP(=O)(O)OCCN)OC(=O)CCCC/C=C\C/C=C\C/C=C\C/C=C\CC. The molecule has 0 aromatic rings. The summed E-state index contributed by atoms with van der Waals surface area (Å²) in [5.41, 5.74) is 5.36. The fourth-order valence-electron chi connectivity index (χ4n) is 5.22. The Labute approximate surface area is 354 Å². The minimum Gasteiger partial charge on any atom is -0.457 e. The van der Waals surface area contributed by atoms with Crippen LogP contribution in [0.2, 0.25) is 0 Å². The molecule has 0 aliphatic heterocycles. The second-order valence-electron chi connectivity index (χ2n) is 13.8. The van der Waals surface area contributed by atoms with Gasteiger partial charge in [0.1, 0.15) is 6.10 Å². The van der Waals surface area contributed by atoms with Crippen molar-refractivity contribution >= 4 is 13.8 Å². The molecule has 0 saturated carbocycles. The summed E-state index contributed by atoms with van der Waals surface area (Å²) in [5.74, 6) is -0.384. The topological polar surface area (TPSA) is 117 Å². The highest BCUT2D eigenvalue weighted by atomic mass is 31.2. The number of rotatable bonds is 40. The van der Waals surface area contributed by atoms with Crippen molar-refractivity contribution in [1.29, 1.82) is 0 Å². The number of hydrogen-bond acceptors (Lipinski definition) is 7. The van der Waals surface area contributed by atoms with Crippen molar-refractivity contribution in [3.63, 3.8) is 0 Å². The van der Waals surface area contributed by atoms with Crippen LogP contribution >= 0.6 is 7.82 Å². The van der Waals surface area contributed by atoms with Gasteiger partial charge in [0.25, 0.3) is 0 Å². The first-order valence-corrected chi connectivity index (χ1v) is 23.5. The number of esters is 1. The lowest BCUT2D eigenvalue weighted by Gasteiger charge is -2.20. The van der Waals surface area contributed by atoms with Crippen LogP contribution in [0.15, 0.2) is 122 Å². The first-order chi connectivity index (χ1) is 28.4. The molecule has 0 aromatic carbocycles. The maximum absolute atomic E-state index is 12.6. The Kier molecular flexibility index (Phi) is 42.6. The van der Waals surface area contributed by atoms with Crippen LogP contribution in [0.5, 0.6) is 0 Å². The van der Waals surface area contributed by atoms with Gasteiger partial charge in [-0.1, -0.05) is 155 Å². The third-order valence-electron chi connectivity index (χ3n) is 8.37. The molecule has 0 aliphatic rings. The summed E-state index contributed by atoms with van der Waals surface area (Å²) in [5, 5.41) is 0. The van der Waals surface area contributed by atoms with Crippen molar-refractivity contribution in [1.82, 2.24) is 0 Å². The molecule has 0 fully saturated rings. The Balaban J connectivity index is 4.15. The summed E-state index contributed by atoms with van der Waals surface area (Å²) in [6.45, 7) is 4.54. The molecule has 0 amide bonds. The van der Waals surface area contributed by atoms with Gasteiger partial charge < -0.3 is 20.1 Å². The van der Waals surface area contributed by atoms with Crippen LogP contribution in [0.3, 0.4) is 0 Å². The van der Waals surface area contributed by atoms with Crippen molar-refractivity contribution in [2.75, 3.05) is 33.0 Å². The molecule has 9 heteroatoms. The molecule has 0 rings (SSSR count). The molecule has 8 nitrogen and oxygen atoms in total. The predicted octanol–water partition coefficient (Wildman–Crippen LogP) is 13.4. The molecule has 2 atom stereocenters. The molecule has 0 aliphatic carbocycles. The minimum absolute atomic E-state index is 0.0767.